The summed E-state index contributed by atoms with van der Waals surface area (Å²) < 4.78 is 1.17. The molecule has 2 heteroatoms. The largest absolute Gasteiger partial charge is 0.294 e. The van der Waals surface area contributed by atoms with Crippen molar-refractivity contribution in [2.24, 2.45) is 11.8 Å². The minimum atomic E-state index is 0.260. The highest BCUT2D eigenvalue weighted by Crippen LogP contribution is 2.35. The van der Waals surface area contributed by atoms with Gasteiger partial charge in [-0.15, -0.1) is 11.3 Å². The molecule has 106 valence electrons. The molecule has 0 saturated heterocycles. The van der Waals surface area contributed by atoms with Crippen LogP contribution in [-0.2, 0) is 0 Å². The Morgan fingerprint density at radius 3 is 2.75 bits per heavy atom. The average molecular weight is 286 g/mol. The van der Waals surface area contributed by atoms with E-state index < -0.39 is 0 Å². The van der Waals surface area contributed by atoms with E-state index in [-0.39, 0.29) is 5.92 Å². The lowest BCUT2D eigenvalue weighted by Crippen LogP contribution is -2.22. The van der Waals surface area contributed by atoms with Crippen LogP contribution in [-0.4, -0.2) is 5.78 Å². The van der Waals surface area contributed by atoms with Gasteiger partial charge in [0.2, 0.25) is 0 Å². The predicted octanol–water partition coefficient (Wildman–Crippen LogP) is 5.69. The molecule has 1 heterocycles. The first-order chi connectivity index (χ1) is 9.79. The van der Waals surface area contributed by atoms with Crippen LogP contribution in [0.15, 0.2) is 29.6 Å². The van der Waals surface area contributed by atoms with Crippen molar-refractivity contribution in [3.63, 3.8) is 0 Å². The van der Waals surface area contributed by atoms with E-state index in [2.05, 4.69) is 24.4 Å². The van der Waals surface area contributed by atoms with E-state index in [4.69, 9.17) is 0 Å². The molecule has 1 aliphatic carbocycles. The third kappa shape index (κ3) is 2.67. The highest BCUT2D eigenvalue weighted by atomic mass is 32.1. The van der Waals surface area contributed by atoms with Gasteiger partial charge >= 0.3 is 0 Å². The summed E-state index contributed by atoms with van der Waals surface area (Å²) in [5.74, 6) is 1.50. The van der Waals surface area contributed by atoms with E-state index >= 15 is 0 Å². The summed E-state index contributed by atoms with van der Waals surface area (Å²) in [5.41, 5.74) is 0.955. The van der Waals surface area contributed by atoms with Gasteiger partial charge in [-0.1, -0.05) is 31.9 Å². The molecule has 1 aliphatic rings. The standard InChI is InChI=1S/C18H22OS/c1-2-4-13-7-9-14(10-8-13)17(19)16-6-3-5-15-11-12-20-18(15)16/h3,5-6,11-14H,2,4,7-10H2,1H3. The van der Waals surface area contributed by atoms with E-state index in [0.717, 1.165) is 24.3 Å². The predicted molar refractivity (Wildman–Crippen MR) is 86.5 cm³/mol. The number of fused-ring (bicyclic) bond motifs is 1. The summed E-state index contributed by atoms with van der Waals surface area (Å²) in [7, 11) is 0. The van der Waals surface area contributed by atoms with Crippen molar-refractivity contribution in [2.75, 3.05) is 0 Å². The van der Waals surface area contributed by atoms with Crippen LogP contribution in [0.2, 0.25) is 0 Å². The molecule has 0 unspecified atom stereocenters. The molecule has 0 atom stereocenters. The zero-order chi connectivity index (χ0) is 13.9. The van der Waals surface area contributed by atoms with Crippen molar-refractivity contribution in [3.05, 3.63) is 35.2 Å². The first-order valence-electron chi connectivity index (χ1n) is 7.80. The van der Waals surface area contributed by atoms with Crippen molar-refractivity contribution >= 4 is 27.2 Å². The second-order valence-corrected chi connectivity index (χ2v) is 6.93. The zero-order valence-electron chi connectivity index (χ0n) is 12.1. The maximum Gasteiger partial charge on any atom is 0.167 e. The summed E-state index contributed by atoms with van der Waals surface area (Å²) in [5, 5.41) is 3.29. The molecule has 1 aromatic carbocycles. The van der Waals surface area contributed by atoms with E-state index in [1.54, 1.807) is 11.3 Å². The van der Waals surface area contributed by atoms with E-state index in [9.17, 15) is 4.79 Å². The zero-order valence-corrected chi connectivity index (χ0v) is 12.9. The third-order valence-electron chi connectivity index (χ3n) is 4.66. The van der Waals surface area contributed by atoms with Gasteiger partial charge in [-0.25, -0.2) is 0 Å². The molecule has 1 fully saturated rings. The molecule has 1 nitrogen and oxygen atoms in total. The summed E-state index contributed by atoms with van der Waals surface area (Å²) in [6.07, 6.45) is 7.27. The molecule has 0 aliphatic heterocycles. The molecule has 0 radical (unpaired) electrons. The quantitative estimate of drug-likeness (QED) is 0.660. The van der Waals surface area contributed by atoms with Crippen LogP contribution < -0.4 is 0 Å². The summed E-state index contributed by atoms with van der Waals surface area (Å²) >= 11 is 1.69. The molecule has 3 rings (SSSR count). The second kappa shape index (κ2) is 6.09. The van der Waals surface area contributed by atoms with E-state index in [1.165, 1.54) is 35.8 Å². The van der Waals surface area contributed by atoms with Gasteiger partial charge in [-0.05, 0) is 54.5 Å². The van der Waals surface area contributed by atoms with Crippen molar-refractivity contribution in [1.29, 1.82) is 0 Å². The van der Waals surface area contributed by atoms with E-state index in [0.29, 0.717) is 5.78 Å². The number of Topliss-reactive ketones (excluding diaryl/α,β-unsaturated/α-hetero) is 1. The first kappa shape index (κ1) is 13.8. The minimum Gasteiger partial charge on any atom is -0.294 e. The monoisotopic (exact) mass is 286 g/mol. The fourth-order valence-electron chi connectivity index (χ4n) is 3.53. The molecule has 1 aromatic heterocycles. The van der Waals surface area contributed by atoms with Crippen LogP contribution in [0.25, 0.3) is 10.1 Å². The Balaban J connectivity index is 1.75. The van der Waals surface area contributed by atoms with Gasteiger partial charge in [0.15, 0.2) is 5.78 Å². The first-order valence-corrected chi connectivity index (χ1v) is 8.68. The van der Waals surface area contributed by atoms with Gasteiger partial charge in [0, 0.05) is 16.2 Å². The molecule has 20 heavy (non-hydrogen) atoms. The van der Waals surface area contributed by atoms with Crippen LogP contribution >= 0.6 is 11.3 Å². The Labute approximate surface area is 125 Å². The van der Waals surface area contributed by atoms with Crippen molar-refractivity contribution in [3.8, 4) is 0 Å². The maximum atomic E-state index is 12.8. The number of benzene rings is 1. The topological polar surface area (TPSA) is 17.1 Å². The normalized spacial score (nSPS) is 23.1. The molecule has 0 bridgehead atoms. The van der Waals surface area contributed by atoms with Crippen molar-refractivity contribution < 1.29 is 4.79 Å². The Morgan fingerprint density at radius 2 is 2.00 bits per heavy atom. The van der Waals surface area contributed by atoms with Crippen molar-refractivity contribution in [1.82, 2.24) is 0 Å². The lowest BCUT2D eigenvalue weighted by molar-refractivity contribution is 0.0872. The highest BCUT2D eigenvalue weighted by Gasteiger charge is 2.27. The Hall–Kier alpha value is -1.15. The van der Waals surface area contributed by atoms with Crippen LogP contribution in [0, 0.1) is 11.8 Å². The molecule has 0 N–H and O–H groups in total. The number of carbonyl (C=O) groups is 1. The lowest BCUT2D eigenvalue weighted by Gasteiger charge is -2.27. The van der Waals surface area contributed by atoms with Crippen LogP contribution in [0.4, 0.5) is 0 Å². The SMILES string of the molecule is CCCC1CCC(C(=O)c2cccc3ccsc23)CC1. The van der Waals surface area contributed by atoms with Gasteiger partial charge in [0.1, 0.15) is 0 Å². The maximum absolute atomic E-state index is 12.8. The van der Waals surface area contributed by atoms with Crippen molar-refractivity contribution in [2.45, 2.75) is 45.4 Å². The molecule has 0 spiro atoms. The number of ketones is 1. The van der Waals surface area contributed by atoms with E-state index in [1.807, 2.05) is 12.1 Å². The molecular formula is C18H22OS. The van der Waals surface area contributed by atoms with Gasteiger partial charge in [0.05, 0.1) is 0 Å². The number of hydrogen-bond donors (Lipinski definition) is 0. The highest BCUT2D eigenvalue weighted by molar-refractivity contribution is 7.17. The number of thiophene rings is 1. The fourth-order valence-corrected chi connectivity index (χ4v) is 4.45. The third-order valence-corrected chi connectivity index (χ3v) is 5.62. The molecule has 2 aromatic rings. The van der Waals surface area contributed by atoms with Gasteiger partial charge < -0.3 is 0 Å². The Kier molecular flexibility index (Phi) is 4.21. The van der Waals surface area contributed by atoms with Gasteiger partial charge in [-0.2, -0.15) is 0 Å². The molecular weight excluding hydrogens is 264 g/mol. The van der Waals surface area contributed by atoms with Crippen LogP contribution in [0.5, 0.6) is 0 Å². The second-order valence-electron chi connectivity index (χ2n) is 6.02. The van der Waals surface area contributed by atoms with Gasteiger partial charge in [0.25, 0.3) is 0 Å². The fraction of sp³-hybridized carbons (Fsp3) is 0.500. The molecule has 1 saturated carbocycles. The number of rotatable bonds is 4. The number of hydrogen-bond acceptors (Lipinski definition) is 2. The van der Waals surface area contributed by atoms with Gasteiger partial charge in [-0.3, -0.25) is 4.79 Å². The smallest absolute Gasteiger partial charge is 0.167 e. The lowest BCUT2D eigenvalue weighted by atomic mass is 9.77. The number of carbonyl (C=O) groups excluding carboxylic acids is 1. The summed E-state index contributed by atoms with van der Waals surface area (Å²) in [4.78, 5) is 12.8. The average Bonchev–Trinajstić information content (AvgIpc) is 2.96. The summed E-state index contributed by atoms with van der Waals surface area (Å²) in [6.45, 7) is 2.26. The Morgan fingerprint density at radius 1 is 1.20 bits per heavy atom. The Bertz CT molecular complexity index is 590. The minimum absolute atomic E-state index is 0.260. The summed E-state index contributed by atoms with van der Waals surface area (Å²) in [6, 6.07) is 8.24. The van der Waals surface area contributed by atoms with Crippen LogP contribution in [0.1, 0.15) is 55.8 Å². The molecule has 0 amide bonds. The van der Waals surface area contributed by atoms with Crippen LogP contribution in [0.3, 0.4) is 0 Å².